The van der Waals surface area contributed by atoms with Gasteiger partial charge in [0, 0.05) is 46.5 Å². The number of rotatable bonds is 4. The molecule has 2 aromatic rings. The van der Waals surface area contributed by atoms with Crippen LogP contribution in [0.3, 0.4) is 0 Å². The lowest BCUT2D eigenvalue weighted by atomic mass is 9.99. The molecule has 1 aliphatic heterocycles. The molecular formula is C20H23F3N6. The summed E-state index contributed by atoms with van der Waals surface area (Å²) in [5.74, 6) is 1.42. The molecule has 0 N–H and O–H groups in total. The number of nitrogens with zero attached hydrogens (tertiary/aromatic N) is 6. The summed E-state index contributed by atoms with van der Waals surface area (Å²) in [4.78, 5) is 14.6. The molecule has 9 heteroatoms. The monoisotopic (exact) mass is 404 g/mol. The summed E-state index contributed by atoms with van der Waals surface area (Å²) in [5, 5.41) is 9.35. The van der Waals surface area contributed by atoms with Crippen molar-refractivity contribution in [1.29, 1.82) is 5.26 Å². The molecule has 1 fully saturated rings. The van der Waals surface area contributed by atoms with E-state index in [1.807, 2.05) is 37.0 Å². The topological polar surface area (TPSA) is 59.3 Å². The maximum absolute atomic E-state index is 13.2. The van der Waals surface area contributed by atoms with Crippen molar-refractivity contribution in [2.75, 3.05) is 48.9 Å². The van der Waals surface area contributed by atoms with E-state index in [1.54, 1.807) is 18.3 Å². The fraction of sp³-hybridized carbons (Fsp3) is 0.450. The molecule has 0 radical (unpaired) electrons. The first-order valence-electron chi connectivity index (χ1n) is 9.31. The van der Waals surface area contributed by atoms with Crippen LogP contribution in [0.4, 0.5) is 30.6 Å². The van der Waals surface area contributed by atoms with Crippen LogP contribution in [0.15, 0.2) is 30.5 Å². The van der Waals surface area contributed by atoms with E-state index in [9.17, 15) is 18.4 Å². The normalized spacial score (nSPS) is 15.1. The summed E-state index contributed by atoms with van der Waals surface area (Å²) in [6, 6.07) is 7.71. The predicted molar refractivity (Wildman–Crippen MR) is 106 cm³/mol. The highest BCUT2D eigenvalue weighted by molar-refractivity contribution is 5.63. The van der Waals surface area contributed by atoms with Gasteiger partial charge >= 0.3 is 6.18 Å². The second-order valence-corrected chi connectivity index (χ2v) is 7.25. The van der Waals surface area contributed by atoms with Gasteiger partial charge in [0.2, 0.25) is 5.95 Å². The molecule has 1 aromatic carbocycles. The van der Waals surface area contributed by atoms with Crippen LogP contribution in [0.5, 0.6) is 0 Å². The zero-order chi connectivity index (χ0) is 21.2. The van der Waals surface area contributed by atoms with Gasteiger partial charge in [-0.15, -0.1) is 0 Å². The Morgan fingerprint density at radius 1 is 1.14 bits per heavy atom. The minimum atomic E-state index is -4.54. The molecule has 0 spiro atoms. The Balaban J connectivity index is 1.75. The van der Waals surface area contributed by atoms with E-state index >= 15 is 0 Å². The van der Waals surface area contributed by atoms with Crippen molar-refractivity contribution in [2.45, 2.75) is 25.1 Å². The minimum Gasteiger partial charge on any atom is -0.370 e. The van der Waals surface area contributed by atoms with E-state index in [0.29, 0.717) is 24.7 Å². The zero-order valence-electron chi connectivity index (χ0n) is 16.6. The van der Waals surface area contributed by atoms with Crippen molar-refractivity contribution >= 4 is 17.5 Å². The van der Waals surface area contributed by atoms with Gasteiger partial charge in [-0.2, -0.15) is 23.4 Å². The number of benzene rings is 1. The third-order valence-corrected chi connectivity index (χ3v) is 5.20. The summed E-state index contributed by atoms with van der Waals surface area (Å²) in [7, 11) is 5.71. The van der Waals surface area contributed by atoms with Crippen LogP contribution in [-0.2, 0) is 6.18 Å². The number of nitriles is 1. The molecule has 0 aliphatic carbocycles. The molecule has 0 unspecified atom stereocenters. The van der Waals surface area contributed by atoms with E-state index in [0.717, 1.165) is 24.7 Å². The second kappa shape index (κ2) is 8.15. The van der Waals surface area contributed by atoms with Crippen molar-refractivity contribution in [1.82, 2.24) is 9.97 Å². The van der Waals surface area contributed by atoms with Crippen molar-refractivity contribution in [3.63, 3.8) is 0 Å². The van der Waals surface area contributed by atoms with E-state index in [-0.39, 0.29) is 11.6 Å². The number of piperidine rings is 1. The highest BCUT2D eigenvalue weighted by Crippen LogP contribution is 2.37. The van der Waals surface area contributed by atoms with Gasteiger partial charge in [-0.25, -0.2) is 4.98 Å². The van der Waals surface area contributed by atoms with Gasteiger partial charge in [0.1, 0.15) is 11.9 Å². The quantitative estimate of drug-likeness (QED) is 0.777. The number of alkyl halides is 3. The van der Waals surface area contributed by atoms with Crippen LogP contribution in [0, 0.1) is 11.3 Å². The van der Waals surface area contributed by atoms with E-state index in [2.05, 4.69) is 14.9 Å². The number of anilines is 3. The maximum Gasteiger partial charge on any atom is 0.417 e. The molecule has 1 saturated heterocycles. The van der Waals surface area contributed by atoms with Gasteiger partial charge < -0.3 is 14.7 Å². The zero-order valence-corrected chi connectivity index (χ0v) is 16.6. The molecule has 6 nitrogen and oxygen atoms in total. The first-order chi connectivity index (χ1) is 13.7. The molecular weight excluding hydrogens is 381 g/mol. The largest absolute Gasteiger partial charge is 0.417 e. The van der Waals surface area contributed by atoms with E-state index in [4.69, 9.17) is 0 Å². The number of hydrogen-bond donors (Lipinski definition) is 0. The fourth-order valence-corrected chi connectivity index (χ4v) is 3.59. The number of hydrogen-bond acceptors (Lipinski definition) is 6. The van der Waals surface area contributed by atoms with Gasteiger partial charge in [-0.1, -0.05) is 6.07 Å². The standard InChI is InChI=1S/C20H23F3N6/c1-27(2)19-25-10-7-18(26-19)28(3)14-8-11-29(12-9-14)17-6-4-5-16(15(17)13-24)20(21,22)23/h4-7,10,14H,8-9,11-12H2,1-3H3. The van der Waals surface area contributed by atoms with Crippen molar-refractivity contribution in [3.8, 4) is 6.07 Å². The van der Waals surface area contributed by atoms with Crippen LogP contribution in [0.25, 0.3) is 0 Å². The number of halogens is 3. The van der Waals surface area contributed by atoms with Crippen molar-refractivity contribution < 1.29 is 13.2 Å². The first kappa shape index (κ1) is 20.7. The molecule has 0 atom stereocenters. The summed E-state index contributed by atoms with van der Waals surface area (Å²) in [5.41, 5.74) is -0.840. The van der Waals surface area contributed by atoms with Crippen LogP contribution >= 0.6 is 0 Å². The smallest absolute Gasteiger partial charge is 0.370 e. The lowest BCUT2D eigenvalue weighted by molar-refractivity contribution is -0.137. The Hall–Kier alpha value is -3.02. The van der Waals surface area contributed by atoms with E-state index < -0.39 is 11.7 Å². The molecule has 154 valence electrons. The van der Waals surface area contributed by atoms with Crippen LogP contribution in [-0.4, -0.2) is 50.2 Å². The second-order valence-electron chi connectivity index (χ2n) is 7.25. The highest BCUT2D eigenvalue weighted by Gasteiger charge is 2.35. The molecule has 1 aliphatic rings. The molecule has 2 heterocycles. The Labute approximate surface area is 168 Å². The summed E-state index contributed by atoms with van der Waals surface area (Å²) >= 11 is 0. The first-order valence-corrected chi connectivity index (χ1v) is 9.31. The van der Waals surface area contributed by atoms with Gasteiger partial charge in [0.05, 0.1) is 16.8 Å². The average Bonchev–Trinajstić information content (AvgIpc) is 2.72. The van der Waals surface area contributed by atoms with Gasteiger partial charge in [-0.05, 0) is 31.0 Å². The van der Waals surface area contributed by atoms with Crippen LogP contribution < -0.4 is 14.7 Å². The summed E-state index contributed by atoms with van der Waals surface area (Å²) < 4.78 is 39.7. The fourth-order valence-electron chi connectivity index (χ4n) is 3.59. The lowest BCUT2D eigenvalue weighted by Crippen LogP contribution is -2.44. The van der Waals surface area contributed by atoms with Gasteiger partial charge in [0.15, 0.2) is 0 Å². The molecule has 3 rings (SSSR count). The summed E-state index contributed by atoms with van der Waals surface area (Å²) in [6.45, 7) is 1.13. The molecule has 0 saturated carbocycles. The van der Waals surface area contributed by atoms with Crippen molar-refractivity contribution in [2.24, 2.45) is 0 Å². The van der Waals surface area contributed by atoms with Gasteiger partial charge in [-0.3, -0.25) is 0 Å². The third kappa shape index (κ3) is 4.36. The van der Waals surface area contributed by atoms with Crippen molar-refractivity contribution in [3.05, 3.63) is 41.6 Å². The number of aromatic nitrogens is 2. The average molecular weight is 404 g/mol. The highest BCUT2D eigenvalue weighted by atomic mass is 19.4. The summed E-state index contributed by atoms with van der Waals surface area (Å²) in [6.07, 6.45) is -1.33. The minimum absolute atomic E-state index is 0.201. The Morgan fingerprint density at radius 3 is 2.41 bits per heavy atom. The van der Waals surface area contributed by atoms with E-state index in [1.165, 1.54) is 6.07 Å². The Morgan fingerprint density at radius 2 is 1.83 bits per heavy atom. The molecule has 29 heavy (non-hydrogen) atoms. The lowest BCUT2D eigenvalue weighted by Gasteiger charge is -2.38. The SMILES string of the molecule is CN(C)c1nccc(N(C)C2CCN(c3cccc(C(F)(F)F)c3C#N)CC2)n1. The molecule has 1 aromatic heterocycles. The van der Waals surface area contributed by atoms with Gasteiger partial charge in [0.25, 0.3) is 0 Å². The Bertz CT molecular complexity index is 898. The third-order valence-electron chi connectivity index (χ3n) is 5.20. The Kier molecular flexibility index (Phi) is 5.82. The van der Waals surface area contributed by atoms with Crippen LogP contribution in [0.1, 0.15) is 24.0 Å². The maximum atomic E-state index is 13.2. The molecule has 0 amide bonds. The predicted octanol–water partition coefficient (Wildman–Crippen LogP) is 3.54. The van der Waals surface area contributed by atoms with Crippen LogP contribution in [0.2, 0.25) is 0 Å². The molecule has 0 bridgehead atoms.